The summed E-state index contributed by atoms with van der Waals surface area (Å²) in [6.45, 7) is 9.62. The third-order valence-corrected chi connectivity index (χ3v) is 3.83. The van der Waals surface area contributed by atoms with Gasteiger partial charge in [-0.2, -0.15) is 0 Å². The van der Waals surface area contributed by atoms with E-state index in [-0.39, 0.29) is 11.2 Å². The Bertz CT molecular complexity index is 393. The van der Waals surface area contributed by atoms with Crippen LogP contribution in [-0.2, 0) is 6.54 Å². The van der Waals surface area contributed by atoms with Crippen LogP contribution in [-0.4, -0.2) is 24.5 Å². The fraction of sp³-hybridized carbons (Fsp3) is 0.571. The Kier molecular flexibility index (Phi) is 5.76. The van der Waals surface area contributed by atoms with E-state index in [4.69, 9.17) is 5.73 Å². The molecule has 1 rings (SSSR count). The van der Waals surface area contributed by atoms with E-state index in [0.29, 0.717) is 6.54 Å². The van der Waals surface area contributed by atoms with Crippen molar-refractivity contribution in [3.63, 3.8) is 0 Å². The van der Waals surface area contributed by atoms with Crippen LogP contribution in [0, 0.1) is 11.2 Å². The maximum atomic E-state index is 13.2. The second-order valence-corrected chi connectivity index (χ2v) is 6.26. The molecule has 0 bridgehead atoms. The molecule has 102 valence electrons. The largest absolute Gasteiger partial charge is 0.330 e. The van der Waals surface area contributed by atoms with Gasteiger partial charge in [-0.3, -0.25) is 4.90 Å². The van der Waals surface area contributed by atoms with Crippen molar-refractivity contribution in [3.05, 3.63) is 34.1 Å². The lowest BCUT2D eigenvalue weighted by Crippen LogP contribution is -2.38. The molecule has 0 amide bonds. The predicted molar refractivity (Wildman–Crippen MR) is 77.9 cm³/mol. The summed E-state index contributed by atoms with van der Waals surface area (Å²) in [6, 6.07) is 4.81. The highest BCUT2D eigenvalue weighted by Gasteiger charge is 2.20. The average molecular weight is 317 g/mol. The molecule has 0 unspecified atom stereocenters. The normalized spacial score (nSPS) is 12.2. The number of nitrogens with two attached hydrogens (primary N) is 1. The molecular formula is C14H22BrFN2. The zero-order chi connectivity index (χ0) is 13.8. The van der Waals surface area contributed by atoms with E-state index >= 15 is 0 Å². The second-order valence-electron chi connectivity index (χ2n) is 5.41. The molecule has 0 aliphatic carbocycles. The molecule has 0 saturated carbocycles. The van der Waals surface area contributed by atoms with Crippen molar-refractivity contribution in [2.45, 2.75) is 27.3 Å². The predicted octanol–water partition coefficient (Wildman–Crippen LogP) is 3.40. The summed E-state index contributed by atoms with van der Waals surface area (Å²) in [5.41, 5.74) is 6.82. The van der Waals surface area contributed by atoms with E-state index < -0.39 is 0 Å². The molecule has 0 radical (unpaired) electrons. The van der Waals surface area contributed by atoms with Gasteiger partial charge in [-0.25, -0.2) is 4.39 Å². The lowest BCUT2D eigenvalue weighted by molar-refractivity contribution is 0.183. The van der Waals surface area contributed by atoms with Crippen molar-refractivity contribution in [3.8, 4) is 0 Å². The molecule has 1 aromatic carbocycles. The molecule has 2 N–H and O–H groups in total. The fourth-order valence-corrected chi connectivity index (χ4v) is 2.23. The summed E-state index contributed by atoms with van der Waals surface area (Å²) in [5.74, 6) is -0.192. The van der Waals surface area contributed by atoms with E-state index in [1.54, 1.807) is 12.1 Å². The van der Waals surface area contributed by atoms with Gasteiger partial charge in [0.05, 0.1) is 0 Å². The Balaban J connectivity index is 2.77. The smallest absolute Gasteiger partial charge is 0.123 e. The molecule has 2 nitrogen and oxygen atoms in total. The van der Waals surface area contributed by atoms with Gasteiger partial charge in [0, 0.05) is 17.6 Å². The Morgan fingerprint density at radius 2 is 2.06 bits per heavy atom. The van der Waals surface area contributed by atoms with Gasteiger partial charge in [0.2, 0.25) is 0 Å². The Hall–Kier alpha value is -0.450. The molecule has 18 heavy (non-hydrogen) atoms. The van der Waals surface area contributed by atoms with Crippen LogP contribution in [0.2, 0.25) is 0 Å². The number of hydrogen-bond donors (Lipinski definition) is 1. The number of hydrogen-bond acceptors (Lipinski definition) is 2. The molecular weight excluding hydrogens is 295 g/mol. The van der Waals surface area contributed by atoms with Crippen LogP contribution < -0.4 is 5.73 Å². The van der Waals surface area contributed by atoms with Crippen LogP contribution in [0.25, 0.3) is 0 Å². The van der Waals surface area contributed by atoms with Crippen LogP contribution in [0.15, 0.2) is 22.7 Å². The summed E-state index contributed by atoms with van der Waals surface area (Å²) >= 11 is 3.47. The molecule has 0 aliphatic rings. The fourth-order valence-electron chi connectivity index (χ4n) is 1.85. The van der Waals surface area contributed by atoms with Gasteiger partial charge in [-0.15, -0.1) is 0 Å². The van der Waals surface area contributed by atoms with Gasteiger partial charge >= 0.3 is 0 Å². The number of halogens is 2. The standard InChI is InChI=1S/C14H22BrFN2/c1-4-18(10-14(2,3)9-17)8-11-7-12(16)5-6-13(11)15/h5-7H,4,8-10,17H2,1-3H3. The maximum Gasteiger partial charge on any atom is 0.123 e. The van der Waals surface area contributed by atoms with Crippen LogP contribution in [0.5, 0.6) is 0 Å². The van der Waals surface area contributed by atoms with Crippen LogP contribution >= 0.6 is 15.9 Å². The van der Waals surface area contributed by atoms with Gasteiger partial charge in [0.25, 0.3) is 0 Å². The van der Waals surface area contributed by atoms with E-state index in [1.165, 1.54) is 6.07 Å². The topological polar surface area (TPSA) is 29.3 Å². The summed E-state index contributed by atoms with van der Waals surface area (Å²) in [6.07, 6.45) is 0. The molecule has 0 heterocycles. The molecule has 0 spiro atoms. The van der Waals surface area contributed by atoms with Gasteiger partial charge in [-0.05, 0) is 42.3 Å². The van der Waals surface area contributed by atoms with Gasteiger partial charge in [-0.1, -0.05) is 36.7 Å². The van der Waals surface area contributed by atoms with E-state index in [0.717, 1.165) is 29.7 Å². The molecule has 0 atom stereocenters. The second kappa shape index (κ2) is 6.64. The monoisotopic (exact) mass is 316 g/mol. The van der Waals surface area contributed by atoms with Crippen molar-refractivity contribution in [1.82, 2.24) is 4.90 Å². The zero-order valence-corrected chi connectivity index (χ0v) is 12.9. The third kappa shape index (κ3) is 4.67. The first-order chi connectivity index (χ1) is 8.38. The van der Waals surface area contributed by atoms with Crippen LogP contribution in [0.1, 0.15) is 26.3 Å². The first-order valence-electron chi connectivity index (χ1n) is 6.24. The highest BCUT2D eigenvalue weighted by atomic mass is 79.9. The highest BCUT2D eigenvalue weighted by molar-refractivity contribution is 9.10. The SMILES string of the molecule is CCN(Cc1cc(F)ccc1Br)CC(C)(C)CN. The van der Waals surface area contributed by atoms with Gasteiger partial charge in [0.15, 0.2) is 0 Å². The third-order valence-electron chi connectivity index (χ3n) is 3.05. The summed E-state index contributed by atoms with van der Waals surface area (Å²) in [5, 5.41) is 0. The first-order valence-corrected chi connectivity index (χ1v) is 7.03. The molecule has 1 aromatic rings. The van der Waals surface area contributed by atoms with Crippen molar-refractivity contribution in [2.24, 2.45) is 11.1 Å². The van der Waals surface area contributed by atoms with E-state index in [2.05, 4.69) is 41.6 Å². The Morgan fingerprint density at radius 3 is 2.61 bits per heavy atom. The van der Waals surface area contributed by atoms with Crippen molar-refractivity contribution >= 4 is 15.9 Å². The summed E-state index contributed by atoms with van der Waals surface area (Å²) in [4.78, 5) is 2.28. The number of nitrogens with zero attached hydrogens (tertiary/aromatic N) is 1. The van der Waals surface area contributed by atoms with E-state index in [1.807, 2.05) is 0 Å². The Morgan fingerprint density at radius 1 is 1.39 bits per heavy atom. The summed E-state index contributed by atoms with van der Waals surface area (Å²) < 4.78 is 14.2. The minimum absolute atomic E-state index is 0.0792. The average Bonchev–Trinajstić information content (AvgIpc) is 2.32. The minimum Gasteiger partial charge on any atom is -0.330 e. The highest BCUT2D eigenvalue weighted by Crippen LogP contribution is 2.22. The van der Waals surface area contributed by atoms with Gasteiger partial charge in [0.1, 0.15) is 5.82 Å². The van der Waals surface area contributed by atoms with Crippen LogP contribution in [0.4, 0.5) is 4.39 Å². The van der Waals surface area contributed by atoms with E-state index in [9.17, 15) is 4.39 Å². The Labute approximate surface area is 117 Å². The van der Waals surface area contributed by atoms with Gasteiger partial charge < -0.3 is 5.73 Å². The van der Waals surface area contributed by atoms with Crippen LogP contribution in [0.3, 0.4) is 0 Å². The molecule has 0 fully saturated rings. The lowest BCUT2D eigenvalue weighted by Gasteiger charge is -2.31. The molecule has 0 saturated heterocycles. The maximum absolute atomic E-state index is 13.2. The van der Waals surface area contributed by atoms with Crippen molar-refractivity contribution in [1.29, 1.82) is 0 Å². The summed E-state index contributed by atoms with van der Waals surface area (Å²) in [7, 11) is 0. The van der Waals surface area contributed by atoms with Crippen molar-refractivity contribution < 1.29 is 4.39 Å². The first kappa shape index (κ1) is 15.6. The minimum atomic E-state index is -0.192. The number of benzene rings is 1. The number of rotatable bonds is 6. The quantitative estimate of drug-likeness (QED) is 0.871. The molecule has 0 aromatic heterocycles. The lowest BCUT2D eigenvalue weighted by atomic mass is 9.93. The molecule has 4 heteroatoms. The molecule has 0 aliphatic heterocycles. The van der Waals surface area contributed by atoms with Crippen molar-refractivity contribution in [2.75, 3.05) is 19.6 Å². The zero-order valence-electron chi connectivity index (χ0n) is 11.3.